The number of aromatic nitrogens is 1. The molecule has 0 radical (unpaired) electrons. The monoisotopic (exact) mass is 357 g/mol. The van der Waals surface area contributed by atoms with Crippen LogP contribution in [0.15, 0.2) is 42.6 Å². The van der Waals surface area contributed by atoms with E-state index in [1.54, 1.807) is 19.4 Å². The minimum atomic E-state index is 0.0214. The lowest BCUT2D eigenvalue weighted by Crippen LogP contribution is -2.35. The fourth-order valence-corrected chi connectivity index (χ4v) is 3.30. The summed E-state index contributed by atoms with van der Waals surface area (Å²) in [7, 11) is 1.67. The Labute approximate surface area is 153 Å². The SMILES string of the molecule is COc1ccc(CN2CCCN(C(=O)c3ccc[nH]c3=S)CC2)cc1. The predicted molar refractivity (Wildman–Crippen MR) is 100 cm³/mol. The molecule has 1 saturated heterocycles. The van der Waals surface area contributed by atoms with Gasteiger partial charge in [-0.2, -0.15) is 0 Å². The van der Waals surface area contributed by atoms with Crippen molar-refractivity contribution in [3.05, 3.63) is 58.4 Å². The van der Waals surface area contributed by atoms with Crippen LogP contribution < -0.4 is 4.74 Å². The molecule has 25 heavy (non-hydrogen) atoms. The van der Waals surface area contributed by atoms with Gasteiger partial charge in [0.1, 0.15) is 10.4 Å². The molecule has 0 bridgehead atoms. The van der Waals surface area contributed by atoms with E-state index in [-0.39, 0.29) is 5.91 Å². The fraction of sp³-hybridized carbons (Fsp3) is 0.368. The predicted octanol–water partition coefficient (Wildman–Crippen LogP) is 3.10. The topological polar surface area (TPSA) is 48.6 Å². The number of amides is 1. The lowest BCUT2D eigenvalue weighted by atomic mass is 10.2. The van der Waals surface area contributed by atoms with Crippen molar-refractivity contribution < 1.29 is 9.53 Å². The minimum absolute atomic E-state index is 0.0214. The Bertz CT molecular complexity index is 773. The number of carbonyl (C=O) groups is 1. The normalized spacial score (nSPS) is 15.6. The zero-order valence-corrected chi connectivity index (χ0v) is 15.2. The third kappa shape index (κ3) is 4.46. The van der Waals surface area contributed by atoms with Gasteiger partial charge in [0.2, 0.25) is 0 Å². The van der Waals surface area contributed by atoms with E-state index >= 15 is 0 Å². The van der Waals surface area contributed by atoms with Crippen LogP contribution in [0.2, 0.25) is 0 Å². The highest BCUT2D eigenvalue weighted by molar-refractivity contribution is 7.71. The molecule has 0 saturated carbocycles. The first-order valence-electron chi connectivity index (χ1n) is 8.49. The van der Waals surface area contributed by atoms with Crippen molar-refractivity contribution in [3.8, 4) is 5.75 Å². The largest absolute Gasteiger partial charge is 0.497 e. The second-order valence-electron chi connectivity index (χ2n) is 6.18. The van der Waals surface area contributed by atoms with Gasteiger partial charge in [-0.15, -0.1) is 0 Å². The number of carbonyl (C=O) groups excluding carboxylic acids is 1. The molecule has 6 heteroatoms. The molecule has 2 heterocycles. The third-order valence-corrected chi connectivity index (χ3v) is 4.83. The van der Waals surface area contributed by atoms with Gasteiger partial charge < -0.3 is 14.6 Å². The maximum atomic E-state index is 12.7. The van der Waals surface area contributed by atoms with E-state index in [9.17, 15) is 4.79 Å². The standard InChI is InChI=1S/C19H23N3O2S/c1-24-16-7-5-15(6-8-16)14-21-10-3-11-22(13-12-21)19(23)17-4-2-9-20-18(17)25/h2,4-9H,3,10-14H2,1H3,(H,20,25). The molecule has 1 fully saturated rings. The van der Waals surface area contributed by atoms with Crippen LogP contribution in [0, 0.1) is 4.64 Å². The molecular formula is C19H23N3O2S. The molecule has 1 N–H and O–H groups in total. The maximum Gasteiger partial charge on any atom is 0.256 e. The molecule has 1 amide bonds. The Hall–Kier alpha value is -2.18. The van der Waals surface area contributed by atoms with Gasteiger partial charge in [0, 0.05) is 38.9 Å². The lowest BCUT2D eigenvalue weighted by Gasteiger charge is -2.22. The van der Waals surface area contributed by atoms with Gasteiger partial charge in [0.15, 0.2) is 0 Å². The number of nitrogens with zero attached hydrogens (tertiary/aromatic N) is 2. The molecule has 0 unspecified atom stereocenters. The zero-order valence-electron chi connectivity index (χ0n) is 14.4. The number of hydrogen-bond donors (Lipinski definition) is 1. The van der Waals surface area contributed by atoms with Crippen LogP contribution in [0.4, 0.5) is 0 Å². The smallest absolute Gasteiger partial charge is 0.256 e. The quantitative estimate of drug-likeness (QED) is 0.854. The molecule has 132 valence electrons. The van der Waals surface area contributed by atoms with Crippen molar-refractivity contribution in [1.29, 1.82) is 0 Å². The van der Waals surface area contributed by atoms with Crippen molar-refractivity contribution in [3.63, 3.8) is 0 Å². The van der Waals surface area contributed by atoms with E-state index in [2.05, 4.69) is 22.0 Å². The molecule has 1 aromatic heterocycles. The van der Waals surface area contributed by atoms with Gasteiger partial charge in [0.05, 0.1) is 12.7 Å². The molecule has 1 aliphatic heterocycles. The minimum Gasteiger partial charge on any atom is -0.497 e. The van der Waals surface area contributed by atoms with E-state index in [1.807, 2.05) is 23.1 Å². The Kier molecular flexibility index (Phi) is 5.83. The van der Waals surface area contributed by atoms with Crippen LogP contribution in [0.1, 0.15) is 22.3 Å². The van der Waals surface area contributed by atoms with Crippen LogP contribution in [0.3, 0.4) is 0 Å². The second-order valence-corrected chi connectivity index (χ2v) is 6.59. The van der Waals surface area contributed by atoms with Crippen molar-refractivity contribution in [2.24, 2.45) is 0 Å². The summed E-state index contributed by atoms with van der Waals surface area (Å²) < 4.78 is 5.71. The summed E-state index contributed by atoms with van der Waals surface area (Å²) in [5.74, 6) is 0.893. The number of hydrogen-bond acceptors (Lipinski definition) is 4. The number of pyridine rings is 1. The van der Waals surface area contributed by atoms with Crippen LogP contribution in [0.5, 0.6) is 5.75 Å². The van der Waals surface area contributed by atoms with E-state index in [1.165, 1.54) is 5.56 Å². The molecule has 3 rings (SSSR count). The summed E-state index contributed by atoms with van der Waals surface area (Å²) in [5, 5.41) is 0. The van der Waals surface area contributed by atoms with Gasteiger partial charge in [-0.05, 0) is 36.2 Å². The van der Waals surface area contributed by atoms with E-state index in [0.717, 1.165) is 44.9 Å². The first-order chi connectivity index (χ1) is 12.2. The Morgan fingerprint density at radius 2 is 1.96 bits per heavy atom. The Balaban J connectivity index is 1.61. The van der Waals surface area contributed by atoms with E-state index < -0.39 is 0 Å². The number of H-pyrrole nitrogens is 1. The molecule has 1 aromatic carbocycles. The van der Waals surface area contributed by atoms with Crippen LogP contribution in [0.25, 0.3) is 0 Å². The Morgan fingerprint density at radius 3 is 2.68 bits per heavy atom. The number of ether oxygens (including phenoxy) is 1. The van der Waals surface area contributed by atoms with Gasteiger partial charge >= 0.3 is 0 Å². The maximum absolute atomic E-state index is 12.7. The number of rotatable bonds is 4. The highest BCUT2D eigenvalue weighted by Gasteiger charge is 2.21. The summed E-state index contributed by atoms with van der Waals surface area (Å²) in [6.45, 7) is 4.22. The van der Waals surface area contributed by atoms with Gasteiger partial charge in [-0.25, -0.2) is 0 Å². The summed E-state index contributed by atoms with van der Waals surface area (Å²) >= 11 is 5.24. The molecular weight excluding hydrogens is 334 g/mol. The first kappa shape index (κ1) is 17.6. The van der Waals surface area contributed by atoms with Crippen LogP contribution >= 0.6 is 12.2 Å². The van der Waals surface area contributed by atoms with Crippen molar-refractivity contribution in [2.75, 3.05) is 33.3 Å². The molecule has 0 aliphatic carbocycles. The number of methoxy groups -OCH3 is 1. The van der Waals surface area contributed by atoms with E-state index in [0.29, 0.717) is 10.2 Å². The molecule has 2 aromatic rings. The first-order valence-corrected chi connectivity index (χ1v) is 8.90. The average Bonchev–Trinajstić information content (AvgIpc) is 2.88. The number of aromatic amines is 1. The summed E-state index contributed by atoms with van der Waals surface area (Å²) in [5.41, 5.74) is 1.84. The second kappa shape index (κ2) is 8.27. The molecule has 1 aliphatic rings. The summed E-state index contributed by atoms with van der Waals surface area (Å²) in [4.78, 5) is 19.9. The molecule has 0 atom stereocenters. The fourth-order valence-electron chi connectivity index (χ4n) is 3.08. The number of nitrogens with one attached hydrogen (secondary N) is 1. The zero-order chi connectivity index (χ0) is 17.6. The summed E-state index contributed by atoms with van der Waals surface area (Å²) in [6, 6.07) is 11.8. The van der Waals surface area contributed by atoms with Gasteiger partial charge in [0.25, 0.3) is 5.91 Å². The van der Waals surface area contributed by atoms with Crippen LogP contribution in [-0.2, 0) is 6.54 Å². The molecule has 0 spiro atoms. The van der Waals surface area contributed by atoms with Gasteiger partial charge in [-0.3, -0.25) is 9.69 Å². The Morgan fingerprint density at radius 1 is 1.16 bits per heavy atom. The van der Waals surface area contributed by atoms with Crippen molar-refractivity contribution in [2.45, 2.75) is 13.0 Å². The average molecular weight is 357 g/mol. The highest BCUT2D eigenvalue weighted by atomic mass is 32.1. The van der Waals surface area contributed by atoms with Gasteiger partial charge in [-0.1, -0.05) is 24.4 Å². The highest BCUT2D eigenvalue weighted by Crippen LogP contribution is 2.15. The van der Waals surface area contributed by atoms with Crippen LogP contribution in [-0.4, -0.2) is 54.0 Å². The number of benzene rings is 1. The molecule has 5 nitrogen and oxygen atoms in total. The van der Waals surface area contributed by atoms with E-state index in [4.69, 9.17) is 17.0 Å². The van der Waals surface area contributed by atoms with Crippen molar-refractivity contribution in [1.82, 2.24) is 14.8 Å². The summed E-state index contributed by atoms with van der Waals surface area (Å²) in [6.07, 6.45) is 2.71. The van der Waals surface area contributed by atoms with Crippen molar-refractivity contribution >= 4 is 18.1 Å². The lowest BCUT2D eigenvalue weighted by molar-refractivity contribution is 0.0760. The third-order valence-electron chi connectivity index (χ3n) is 4.49.